The van der Waals surface area contributed by atoms with Crippen LogP contribution in [0.5, 0.6) is 11.5 Å². The second kappa shape index (κ2) is 8.82. The van der Waals surface area contributed by atoms with Gasteiger partial charge in [-0.3, -0.25) is 4.79 Å². The zero-order chi connectivity index (χ0) is 15.8. The van der Waals surface area contributed by atoms with Crippen LogP contribution in [-0.2, 0) is 4.79 Å². The van der Waals surface area contributed by atoms with Gasteiger partial charge in [0.1, 0.15) is 11.5 Å². The summed E-state index contributed by atoms with van der Waals surface area (Å²) in [6.07, 6.45) is 7.79. The average Bonchev–Trinajstić information content (AvgIpc) is 2.55. The molecule has 22 heavy (non-hydrogen) atoms. The molecule has 1 aromatic carbocycles. The molecule has 3 heteroatoms. The van der Waals surface area contributed by atoms with Crippen molar-refractivity contribution < 1.29 is 14.3 Å². The summed E-state index contributed by atoms with van der Waals surface area (Å²) in [7, 11) is 0. The summed E-state index contributed by atoms with van der Waals surface area (Å²) in [5, 5.41) is 0. The first kappa shape index (κ1) is 16.9. The van der Waals surface area contributed by atoms with Crippen molar-refractivity contribution in [1.29, 1.82) is 0 Å². The smallest absolute Gasteiger partial charge is 0.314 e. The fourth-order valence-electron chi connectivity index (χ4n) is 3.12. The van der Waals surface area contributed by atoms with Gasteiger partial charge in [-0.1, -0.05) is 26.7 Å². The van der Waals surface area contributed by atoms with Gasteiger partial charge >= 0.3 is 5.97 Å². The predicted octanol–water partition coefficient (Wildman–Crippen LogP) is 4.99. The lowest BCUT2D eigenvalue weighted by atomic mass is 9.80. The molecular weight excluding hydrogens is 276 g/mol. The van der Waals surface area contributed by atoms with E-state index in [1.54, 1.807) is 0 Å². The van der Waals surface area contributed by atoms with E-state index < -0.39 is 0 Å². The van der Waals surface area contributed by atoms with Crippen LogP contribution in [0.15, 0.2) is 24.3 Å². The molecule has 2 rings (SSSR count). The van der Waals surface area contributed by atoms with Gasteiger partial charge in [0.05, 0.1) is 12.5 Å². The Morgan fingerprint density at radius 1 is 1.00 bits per heavy atom. The molecule has 1 saturated carbocycles. The first-order valence-corrected chi connectivity index (χ1v) is 8.67. The van der Waals surface area contributed by atoms with E-state index in [-0.39, 0.29) is 11.9 Å². The number of hydrogen-bond donors (Lipinski definition) is 0. The molecule has 0 radical (unpaired) electrons. The molecule has 0 spiro atoms. The van der Waals surface area contributed by atoms with Crippen molar-refractivity contribution >= 4 is 5.97 Å². The van der Waals surface area contributed by atoms with E-state index in [4.69, 9.17) is 9.47 Å². The molecule has 122 valence electrons. The lowest BCUT2D eigenvalue weighted by Gasteiger charge is -2.26. The number of carbonyl (C=O) groups is 1. The van der Waals surface area contributed by atoms with E-state index in [2.05, 4.69) is 13.8 Å². The number of benzene rings is 1. The monoisotopic (exact) mass is 304 g/mol. The molecule has 0 bridgehead atoms. The van der Waals surface area contributed by atoms with E-state index in [0.717, 1.165) is 43.8 Å². The van der Waals surface area contributed by atoms with Gasteiger partial charge in [-0.15, -0.1) is 0 Å². The molecule has 0 N–H and O–H groups in total. The summed E-state index contributed by atoms with van der Waals surface area (Å²) >= 11 is 0. The van der Waals surface area contributed by atoms with Crippen molar-refractivity contribution in [1.82, 2.24) is 0 Å². The molecule has 0 aromatic heterocycles. The second-order valence-corrected chi connectivity index (χ2v) is 6.25. The number of ether oxygens (including phenoxy) is 2. The summed E-state index contributed by atoms with van der Waals surface area (Å²) in [5.74, 6) is 2.25. The first-order chi connectivity index (χ1) is 10.7. The zero-order valence-corrected chi connectivity index (χ0v) is 13.8. The molecule has 3 nitrogen and oxygen atoms in total. The van der Waals surface area contributed by atoms with Crippen molar-refractivity contribution in [3.05, 3.63) is 24.3 Å². The molecule has 0 amide bonds. The van der Waals surface area contributed by atoms with Crippen molar-refractivity contribution in [2.24, 2.45) is 11.8 Å². The topological polar surface area (TPSA) is 35.5 Å². The maximum atomic E-state index is 12.2. The molecule has 1 fully saturated rings. The standard InChI is InChI=1S/C19H28O3/c1-3-5-15-6-8-16(9-7-15)19(20)22-18-12-10-17(11-13-18)21-14-4-2/h10-13,15-16H,3-9,14H2,1-2H3. The first-order valence-electron chi connectivity index (χ1n) is 8.67. The Labute approximate surface area is 134 Å². The number of carbonyl (C=O) groups excluding carboxylic acids is 1. The van der Waals surface area contributed by atoms with Gasteiger partial charge in [-0.2, -0.15) is 0 Å². The Morgan fingerprint density at radius 3 is 2.23 bits per heavy atom. The van der Waals surface area contributed by atoms with Crippen molar-refractivity contribution in [2.75, 3.05) is 6.61 Å². The Hall–Kier alpha value is -1.51. The van der Waals surface area contributed by atoms with E-state index in [1.165, 1.54) is 12.8 Å². The molecule has 1 aromatic rings. The second-order valence-electron chi connectivity index (χ2n) is 6.25. The normalized spacial score (nSPS) is 21.4. The lowest BCUT2D eigenvalue weighted by Crippen LogP contribution is -2.25. The lowest BCUT2D eigenvalue weighted by molar-refractivity contribution is -0.140. The largest absolute Gasteiger partial charge is 0.494 e. The van der Waals surface area contributed by atoms with Crippen LogP contribution in [0.2, 0.25) is 0 Å². The summed E-state index contributed by atoms with van der Waals surface area (Å²) in [5.41, 5.74) is 0. The third-order valence-corrected chi connectivity index (χ3v) is 4.39. The average molecular weight is 304 g/mol. The Bertz CT molecular complexity index is 444. The van der Waals surface area contributed by atoms with Crippen LogP contribution in [0.3, 0.4) is 0 Å². The Morgan fingerprint density at radius 2 is 1.64 bits per heavy atom. The molecule has 1 aliphatic carbocycles. The highest BCUT2D eigenvalue weighted by atomic mass is 16.5. The van der Waals surface area contributed by atoms with Gasteiger partial charge in [0.25, 0.3) is 0 Å². The van der Waals surface area contributed by atoms with Crippen molar-refractivity contribution in [2.45, 2.75) is 58.8 Å². The van der Waals surface area contributed by atoms with Gasteiger partial charge in [0, 0.05) is 0 Å². The highest BCUT2D eigenvalue weighted by Gasteiger charge is 2.27. The maximum absolute atomic E-state index is 12.2. The summed E-state index contributed by atoms with van der Waals surface area (Å²) in [6.45, 7) is 5.01. The predicted molar refractivity (Wildman–Crippen MR) is 88.2 cm³/mol. The number of rotatable bonds is 7. The quantitative estimate of drug-likeness (QED) is 0.526. The van der Waals surface area contributed by atoms with Crippen LogP contribution in [0.25, 0.3) is 0 Å². The Kier molecular flexibility index (Phi) is 6.75. The number of hydrogen-bond acceptors (Lipinski definition) is 3. The van der Waals surface area contributed by atoms with Crippen LogP contribution in [0.4, 0.5) is 0 Å². The van der Waals surface area contributed by atoms with Crippen LogP contribution >= 0.6 is 0 Å². The van der Waals surface area contributed by atoms with Gasteiger partial charge in [0.2, 0.25) is 0 Å². The van der Waals surface area contributed by atoms with Crippen molar-refractivity contribution in [3.63, 3.8) is 0 Å². The molecule has 0 atom stereocenters. The highest BCUT2D eigenvalue weighted by Crippen LogP contribution is 2.32. The maximum Gasteiger partial charge on any atom is 0.314 e. The van der Waals surface area contributed by atoms with E-state index in [1.807, 2.05) is 24.3 Å². The molecule has 0 saturated heterocycles. The minimum Gasteiger partial charge on any atom is -0.494 e. The van der Waals surface area contributed by atoms with Gasteiger partial charge in [-0.05, 0) is 62.3 Å². The third-order valence-electron chi connectivity index (χ3n) is 4.39. The van der Waals surface area contributed by atoms with Crippen LogP contribution in [0, 0.1) is 11.8 Å². The van der Waals surface area contributed by atoms with Gasteiger partial charge in [-0.25, -0.2) is 0 Å². The van der Waals surface area contributed by atoms with Gasteiger partial charge < -0.3 is 9.47 Å². The molecule has 0 unspecified atom stereocenters. The van der Waals surface area contributed by atoms with Crippen molar-refractivity contribution in [3.8, 4) is 11.5 Å². The SMILES string of the molecule is CCCOc1ccc(OC(=O)C2CCC(CCC)CC2)cc1. The summed E-state index contributed by atoms with van der Waals surface area (Å²) in [6, 6.07) is 7.34. The van der Waals surface area contributed by atoms with Crippen LogP contribution in [-0.4, -0.2) is 12.6 Å². The molecule has 0 aliphatic heterocycles. The zero-order valence-electron chi connectivity index (χ0n) is 13.8. The van der Waals surface area contributed by atoms with Gasteiger partial charge in [0.15, 0.2) is 0 Å². The van der Waals surface area contributed by atoms with Crippen LogP contribution < -0.4 is 9.47 Å². The summed E-state index contributed by atoms with van der Waals surface area (Å²) in [4.78, 5) is 12.2. The van der Waals surface area contributed by atoms with Crippen LogP contribution in [0.1, 0.15) is 58.8 Å². The fraction of sp³-hybridized carbons (Fsp3) is 0.632. The highest BCUT2D eigenvalue weighted by molar-refractivity contribution is 5.75. The van der Waals surface area contributed by atoms with E-state index in [9.17, 15) is 4.79 Å². The summed E-state index contributed by atoms with van der Waals surface area (Å²) < 4.78 is 11.0. The number of esters is 1. The molecular formula is C19H28O3. The van der Waals surface area contributed by atoms with E-state index >= 15 is 0 Å². The van der Waals surface area contributed by atoms with E-state index in [0.29, 0.717) is 12.4 Å². The minimum atomic E-state index is -0.0721. The molecule has 0 heterocycles. The minimum absolute atomic E-state index is 0.0721. The fourth-order valence-corrected chi connectivity index (χ4v) is 3.12. The Balaban J connectivity index is 1.79. The molecule has 1 aliphatic rings. The third kappa shape index (κ3) is 5.04.